The van der Waals surface area contributed by atoms with Gasteiger partial charge < -0.3 is 10.2 Å². The van der Waals surface area contributed by atoms with E-state index in [1.165, 1.54) is 5.56 Å². The number of likely N-dealkylation sites (tertiary alicyclic amines) is 1. The number of nitrogens with one attached hydrogen (secondary N) is 1. The highest BCUT2D eigenvalue weighted by atomic mass is 16.2. The molecule has 0 spiro atoms. The van der Waals surface area contributed by atoms with E-state index in [0.717, 1.165) is 24.8 Å². The largest absolute Gasteiger partial charge is 0.353 e. The van der Waals surface area contributed by atoms with E-state index >= 15 is 0 Å². The van der Waals surface area contributed by atoms with Crippen molar-refractivity contribution in [2.75, 3.05) is 13.1 Å². The summed E-state index contributed by atoms with van der Waals surface area (Å²) in [5, 5.41) is 3.07. The lowest BCUT2D eigenvalue weighted by Gasteiger charge is -2.32. The van der Waals surface area contributed by atoms with Crippen LogP contribution in [0.3, 0.4) is 0 Å². The second-order valence-corrected chi connectivity index (χ2v) is 7.71. The third kappa shape index (κ3) is 4.83. The molecule has 2 amide bonds. The minimum Gasteiger partial charge on any atom is -0.353 e. The molecule has 1 aliphatic heterocycles. The van der Waals surface area contributed by atoms with Crippen molar-refractivity contribution in [2.45, 2.75) is 64.8 Å². The number of nitrogens with zero attached hydrogens (tertiary/aromatic N) is 1. The van der Waals surface area contributed by atoms with Gasteiger partial charge in [-0.2, -0.15) is 0 Å². The molecule has 0 unspecified atom stereocenters. The summed E-state index contributed by atoms with van der Waals surface area (Å²) in [6.45, 7) is 9.92. The van der Waals surface area contributed by atoms with Crippen LogP contribution >= 0.6 is 0 Å². The van der Waals surface area contributed by atoms with Gasteiger partial charge in [0.15, 0.2) is 0 Å². The average molecular weight is 330 g/mol. The SMILES string of the molecule is CCCC(=O)NC1CCN(C(=O)c2ccc(C(C)(C)C)cc2)CC1. The summed E-state index contributed by atoms with van der Waals surface area (Å²) < 4.78 is 0. The molecule has 1 heterocycles. The smallest absolute Gasteiger partial charge is 0.253 e. The third-order valence-corrected chi connectivity index (χ3v) is 4.62. The van der Waals surface area contributed by atoms with Gasteiger partial charge in [0.1, 0.15) is 0 Å². The minimum absolute atomic E-state index is 0.0915. The van der Waals surface area contributed by atoms with E-state index in [0.29, 0.717) is 19.5 Å². The van der Waals surface area contributed by atoms with Gasteiger partial charge in [0.2, 0.25) is 5.91 Å². The third-order valence-electron chi connectivity index (χ3n) is 4.62. The quantitative estimate of drug-likeness (QED) is 0.918. The zero-order valence-corrected chi connectivity index (χ0v) is 15.4. The molecule has 0 saturated carbocycles. The fraction of sp³-hybridized carbons (Fsp3) is 0.600. The Morgan fingerprint density at radius 2 is 1.71 bits per heavy atom. The zero-order chi connectivity index (χ0) is 17.7. The molecule has 1 fully saturated rings. The Morgan fingerprint density at radius 1 is 1.12 bits per heavy atom. The van der Waals surface area contributed by atoms with Crippen LogP contribution in [0.1, 0.15) is 69.3 Å². The van der Waals surface area contributed by atoms with Crippen LogP contribution in [-0.2, 0) is 10.2 Å². The van der Waals surface area contributed by atoms with Gasteiger partial charge in [0.25, 0.3) is 5.91 Å². The topological polar surface area (TPSA) is 49.4 Å². The van der Waals surface area contributed by atoms with E-state index in [2.05, 4.69) is 26.1 Å². The van der Waals surface area contributed by atoms with Crippen LogP contribution in [0.4, 0.5) is 0 Å². The predicted octanol–water partition coefficient (Wildman–Crippen LogP) is 3.51. The van der Waals surface area contributed by atoms with Crippen LogP contribution in [0, 0.1) is 0 Å². The van der Waals surface area contributed by atoms with Crippen molar-refractivity contribution in [3.8, 4) is 0 Å². The highest BCUT2D eigenvalue weighted by Crippen LogP contribution is 2.23. The number of rotatable bonds is 4. The van der Waals surface area contributed by atoms with Crippen molar-refractivity contribution >= 4 is 11.8 Å². The maximum absolute atomic E-state index is 12.6. The molecule has 24 heavy (non-hydrogen) atoms. The summed E-state index contributed by atoms with van der Waals surface area (Å²) >= 11 is 0. The van der Waals surface area contributed by atoms with Gasteiger partial charge in [-0.25, -0.2) is 0 Å². The molecule has 1 aliphatic rings. The predicted molar refractivity (Wildman–Crippen MR) is 97.1 cm³/mol. The van der Waals surface area contributed by atoms with Crippen LogP contribution in [0.2, 0.25) is 0 Å². The standard InChI is InChI=1S/C20H30N2O2/c1-5-6-18(23)21-17-11-13-22(14-12-17)19(24)15-7-9-16(10-8-15)20(2,3)4/h7-10,17H,5-6,11-14H2,1-4H3,(H,21,23). The first-order valence-electron chi connectivity index (χ1n) is 9.00. The lowest BCUT2D eigenvalue weighted by Crippen LogP contribution is -2.46. The van der Waals surface area contributed by atoms with E-state index in [9.17, 15) is 9.59 Å². The van der Waals surface area contributed by atoms with Crippen molar-refractivity contribution in [1.82, 2.24) is 10.2 Å². The average Bonchev–Trinajstić information content (AvgIpc) is 2.54. The molecule has 1 aromatic carbocycles. The molecule has 1 N–H and O–H groups in total. The molecule has 4 nitrogen and oxygen atoms in total. The summed E-state index contributed by atoms with van der Waals surface area (Å²) in [6, 6.07) is 8.16. The van der Waals surface area contributed by atoms with Crippen LogP contribution in [0.25, 0.3) is 0 Å². The molecular formula is C20H30N2O2. The summed E-state index contributed by atoms with van der Waals surface area (Å²) in [7, 11) is 0. The Labute approximate surface area is 145 Å². The molecule has 132 valence electrons. The maximum atomic E-state index is 12.6. The van der Waals surface area contributed by atoms with Gasteiger partial charge in [0, 0.05) is 31.1 Å². The molecule has 0 aromatic heterocycles. The number of hydrogen-bond acceptors (Lipinski definition) is 2. The van der Waals surface area contributed by atoms with Gasteiger partial charge in [-0.15, -0.1) is 0 Å². The molecule has 1 aromatic rings. The van der Waals surface area contributed by atoms with Gasteiger partial charge >= 0.3 is 0 Å². The first kappa shape index (κ1) is 18.5. The Balaban J connectivity index is 1.89. The fourth-order valence-electron chi connectivity index (χ4n) is 3.05. The number of piperidine rings is 1. The van der Waals surface area contributed by atoms with Crippen molar-refractivity contribution in [1.29, 1.82) is 0 Å². The number of hydrogen-bond donors (Lipinski definition) is 1. The Morgan fingerprint density at radius 3 is 2.21 bits per heavy atom. The molecular weight excluding hydrogens is 300 g/mol. The summed E-state index contributed by atoms with van der Waals surface area (Å²) in [5.74, 6) is 0.217. The number of amides is 2. The Bertz CT molecular complexity index is 564. The van der Waals surface area contributed by atoms with E-state index in [1.807, 2.05) is 36.1 Å². The Kier molecular flexibility index (Phi) is 6.03. The number of benzene rings is 1. The molecule has 0 radical (unpaired) electrons. The second-order valence-electron chi connectivity index (χ2n) is 7.71. The summed E-state index contributed by atoms with van der Waals surface area (Å²) in [5.41, 5.74) is 2.07. The maximum Gasteiger partial charge on any atom is 0.253 e. The van der Waals surface area contributed by atoms with E-state index in [-0.39, 0.29) is 23.3 Å². The molecule has 4 heteroatoms. The first-order valence-corrected chi connectivity index (χ1v) is 9.00. The monoisotopic (exact) mass is 330 g/mol. The fourth-order valence-corrected chi connectivity index (χ4v) is 3.05. The molecule has 2 rings (SSSR count). The molecule has 0 bridgehead atoms. The van der Waals surface area contributed by atoms with Crippen LogP contribution in [0.5, 0.6) is 0 Å². The second kappa shape index (κ2) is 7.82. The van der Waals surface area contributed by atoms with Gasteiger partial charge in [-0.05, 0) is 42.4 Å². The normalized spacial score (nSPS) is 16.1. The highest BCUT2D eigenvalue weighted by Gasteiger charge is 2.24. The zero-order valence-electron chi connectivity index (χ0n) is 15.4. The van der Waals surface area contributed by atoms with E-state index in [4.69, 9.17) is 0 Å². The van der Waals surface area contributed by atoms with E-state index in [1.54, 1.807) is 0 Å². The van der Waals surface area contributed by atoms with Crippen LogP contribution in [0.15, 0.2) is 24.3 Å². The molecule has 0 atom stereocenters. The number of carbonyl (C=O) groups excluding carboxylic acids is 2. The first-order chi connectivity index (χ1) is 11.3. The van der Waals surface area contributed by atoms with Gasteiger partial charge in [0.05, 0.1) is 0 Å². The van der Waals surface area contributed by atoms with Crippen LogP contribution in [-0.4, -0.2) is 35.8 Å². The molecule has 0 aliphatic carbocycles. The lowest BCUT2D eigenvalue weighted by molar-refractivity contribution is -0.122. The van der Waals surface area contributed by atoms with Crippen molar-refractivity contribution in [2.24, 2.45) is 0 Å². The van der Waals surface area contributed by atoms with Crippen molar-refractivity contribution < 1.29 is 9.59 Å². The highest BCUT2D eigenvalue weighted by molar-refractivity contribution is 5.94. The lowest BCUT2D eigenvalue weighted by atomic mass is 9.86. The van der Waals surface area contributed by atoms with Crippen molar-refractivity contribution in [3.63, 3.8) is 0 Å². The summed E-state index contributed by atoms with van der Waals surface area (Å²) in [6.07, 6.45) is 3.12. The van der Waals surface area contributed by atoms with Crippen molar-refractivity contribution in [3.05, 3.63) is 35.4 Å². The summed E-state index contributed by atoms with van der Waals surface area (Å²) in [4.78, 5) is 26.2. The number of carbonyl (C=O) groups is 2. The van der Waals surface area contributed by atoms with Gasteiger partial charge in [-0.3, -0.25) is 9.59 Å². The molecule has 1 saturated heterocycles. The van der Waals surface area contributed by atoms with Crippen LogP contribution < -0.4 is 5.32 Å². The Hall–Kier alpha value is -1.84. The van der Waals surface area contributed by atoms with Gasteiger partial charge in [-0.1, -0.05) is 39.8 Å². The van der Waals surface area contributed by atoms with E-state index < -0.39 is 0 Å². The minimum atomic E-state index is 0.0915.